The molecule has 0 amide bonds. The van der Waals surface area contributed by atoms with Gasteiger partial charge in [0.05, 0.1) is 17.4 Å². The van der Waals surface area contributed by atoms with Gasteiger partial charge >= 0.3 is 0 Å². The molecule has 0 saturated carbocycles. The van der Waals surface area contributed by atoms with Gasteiger partial charge in [0, 0.05) is 0 Å². The van der Waals surface area contributed by atoms with E-state index in [2.05, 4.69) is 22.6 Å². The van der Waals surface area contributed by atoms with Gasteiger partial charge in [-0.15, -0.1) is 0 Å². The Kier molecular flexibility index (Phi) is 1.47. The summed E-state index contributed by atoms with van der Waals surface area (Å²) in [7, 11) is 0. The van der Waals surface area contributed by atoms with E-state index in [0.717, 1.165) is 22.2 Å². The second-order valence-corrected chi connectivity index (χ2v) is 2.91. The van der Waals surface area contributed by atoms with Crippen molar-refractivity contribution in [1.29, 1.82) is 0 Å². The van der Waals surface area contributed by atoms with Crippen LogP contribution in [0.3, 0.4) is 0 Å². The molecular formula is C10H10N2. The fourth-order valence-corrected chi connectivity index (χ4v) is 1.20. The second kappa shape index (κ2) is 2.48. The average molecular weight is 158 g/mol. The number of nitrogens with one attached hydrogen (secondary N) is 1. The van der Waals surface area contributed by atoms with Crippen LogP contribution in [0, 0.1) is 0 Å². The van der Waals surface area contributed by atoms with Crippen molar-refractivity contribution in [1.82, 2.24) is 9.97 Å². The van der Waals surface area contributed by atoms with Crippen molar-refractivity contribution in [2.75, 3.05) is 0 Å². The Morgan fingerprint density at radius 1 is 1.50 bits per heavy atom. The zero-order valence-corrected chi connectivity index (χ0v) is 6.96. The molecule has 0 bridgehead atoms. The first-order valence-corrected chi connectivity index (χ1v) is 3.86. The Morgan fingerprint density at radius 3 is 3.08 bits per heavy atom. The van der Waals surface area contributed by atoms with Crippen molar-refractivity contribution in [3.63, 3.8) is 0 Å². The minimum Gasteiger partial charge on any atom is -0.345 e. The first kappa shape index (κ1) is 7.10. The summed E-state index contributed by atoms with van der Waals surface area (Å²) in [6, 6.07) is 6.09. The van der Waals surface area contributed by atoms with Crippen LogP contribution in [0.15, 0.2) is 31.1 Å². The molecule has 0 saturated heterocycles. The normalized spacial score (nSPS) is 10.4. The molecule has 1 N–H and O–H groups in total. The number of hydrogen-bond donors (Lipinski definition) is 1. The van der Waals surface area contributed by atoms with E-state index in [1.165, 1.54) is 0 Å². The molecule has 0 atom stereocenters. The lowest BCUT2D eigenvalue weighted by molar-refractivity contribution is 1.34. The molecular weight excluding hydrogens is 148 g/mol. The smallest absolute Gasteiger partial charge is 0.0931 e. The van der Waals surface area contributed by atoms with Crippen molar-refractivity contribution in [2.24, 2.45) is 0 Å². The molecule has 0 radical (unpaired) electrons. The number of nitrogens with zero attached hydrogens (tertiary/aromatic N) is 1. The Labute approximate surface area is 70.9 Å². The third kappa shape index (κ3) is 1.01. The maximum absolute atomic E-state index is 4.13. The van der Waals surface area contributed by atoms with E-state index in [1.807, 2.05) is 19.1 Å². The van der Waals surface area contributed by atoms with Crippen LogP contribution in [0.5, 0.6) is 0 Å². The lowest BCUT2D eigenvalue weighted by Crippen LogP contribution is -1.77. The van der Waals surface area contributed by atoms with Crippen molar-refractivity contribution in [3.05, 3.63) is 36.7 Å². The highest BCUT2D eigenvalue weighted by molar-refractivity contribution is 5.79. The van der Waals surface area contributed by atoms with E-state index in [9.17, 15) is 0 Å². The number of benzene rings is 1. The SMILES string of the molecule is C=C(C)c1ccc2nc[nH]c2c1. The number of rotatable bonds is 1. The molecule has 0 unspecified atom stereocenters. The standard InChI is InChI=1S/C10H10N2/c1-7(2)8-3-4-9-10(5-8)12-6-11-9/h3-6H,1H2,2H3,(H,11,12). The molecule has 0 aliphatic rings. The van der Waals surface area contributed by atoms with E-state index in [4.69, 9.17) is 0 Å². The van der Waals surface area contributed by atoms with Crippen LogP contribution in [0.1, 0.15) is 12.5 Å². The predicted octanol–water partition coefficient (Wildman–Crippen LogP) is 2.60. The first-order valence-electron chi connectivity index (χ1n) is 3.86. The monoisotopic (exact) mass is 158 g/mol. The lowest BCUT2D eigenvalue weighted by Gasteiger charge is -1.97. The Bertz CT molecular complexity index is 426. The van der Waals surface area contributed by atoms with Gasteiger partial charge in [-0.05, 0) is 24.6 Å². The Morgan fingerprint density at radius 2 is 2.33 bits per heavy atom. The minimum absolute atomic E-state index is 1.00. The average Bonchev–Trinajstić information content (AvgIpc) is 2.49. The molecule has 0 aliphatic heterocycles. The van der Waals surface area contributed by atoms with Crippen LogP contribution in [-0.2, 0) is 0 Å². The summed E-state index contributed by atoms with van der Waals surface area (Å²) in [6.07, 6.45) is 1.70. The maximum atomic E-state index is 4.13. The first-order chi connectivity index (χ1) is 5.77. The largest absolute Gasteiger partial charge is 0.345 e. The molecule has 12 heavy (non-hydrogen) atoms. The summed E-state index contributed by atoms with van der Waals surface area (Å²) >= 11 is 0. The molecule has 2 aromatic rings. The van der Waals surface area contributed by atoms with Gasteiger partial charge in [-0.2, -0.15) is 0 Å². The van der Waals surface area contributed by atoms with Crippen LogP contribution < -0.4 is 0 Å². The summed E-state index contributed by atoms with van der Waals surface area (Å²) in [4.78, 5) is 7.20. The zero-order chi connectivity index (χ0) is 8.55. The van der Waals surface area contributed by atoms with Crippen molar-refractivity contribution >= 4 is 16.6 Å². The van der Waals surface area contributed by atoms with E-state index in [0.29, 0.717) is 0 Å². The quantitative estimate of drug-likeness (QED) is 0.679. The highest BCUT2D eigenvalue weighted by Gasteiger charge is 1.97. The lowest BCUT2D eigenvalue weighted by atomic mass is 10.1. The Balaban J connectivity index is 2.68. The van der Waals surface area contributed by atoms with Gasteiger partial charge in [0.2, 0.25) is 0 Å². The molecule has 60 valence electrons. The van der Waals surface area contributed by atoms with E-state index in [-0.39, 0.29) is 0 Å². The topological polar surface area (TPSA) is 28.7 Å². The van der Waals surface area contributed by atoms with Gasteiger partial charge < -0.3 is 4.98 Å². The van der Waals surface area contributed by atoms with Crippen LogP contribution in [0.4, 0.5) is 0 Å². The van der Waals surface area contributed by atoms with Gasteiger partial charge in [-0.25, -0.2) is 4.98 Å². The molecule has 0 fully saturated rings. The summed E-state index contributed by atoms with van der Waals surface area (Å²) in [5.41, 5.74) is 4.30. The van der Waals surface area contributed by atoms with E-state index >= 15 is 0 Å². The van der Waals surface area contributed by atoms with Gasteiger partial charge in [0.15, 0.2) is 0 Å². The van der Waals surface area contributed by atoms with E-state index < -0.39 is 0 Å². The summed E-state index contributed by atoms with van der Waals surface area (Å²) in [5, 5.41) is 0. The van der Waals surface area contributed by atoms with Gasteiger partial charge in [0.25, 0.3) is 0 Å². The highest BCUT2D eigenvalue weighted by atomic mass is 14.9. The predicted molar refractivity (Wildman–Crippen MR) is 50.8 cm³/mol. The third-order valence-electron chi connectivity index (χ3n) is 1.91. The summed E-state index contributed by atoms with van der Waals surface area (Å²) in [5.74, 6) is 0. The summed E-state index contributed by atoms with van der Waals surface area (Å²) < 4.78 is 0. The fraction of sp³-hybridized carbons (Fsp3) is 0.100. The number of H-pyrrole nitrogens is 1. The molecule has 1 aromatic carbocycles. The zero-order valence-electron chi connectivity index (χ0n) is 6.96. The molecule has 0 spiro atoms. The minimum atomic E-state index is 1.00. The maximum Gasteiger partial charge on any atom is 0.0931 e. The van der Waals surface area contributed by atoms with Gasteiger partial charge in [-0.1, -0.05) is 18.2 Å². The molecule has 2 heteroatoms. The molecule has 2 rings (SSSR count). The number of hydrogen-bond acceptors (Lipinski definition) is 1. The Hall–Kier alpha value is -1.57. The fourth-order valence-electron chi connectivity index (χ4n) is 1.20. The van der Waals surface area contributed by atoms with Crippen molar-refractivity contribution < 1.29 is 0 Å². The van der Waals surface area contributed by atoms with Crippen LogP contribution in [0.2, 0.25) is 0 Å². The van der Waals surface area contributed by atoms with Crippen molar-refractivity contribution in [2.45, 2.75) is 6.92 Å². The molecule has 1 aromatic heterocycles. The van der Waals surface area contributed by atoms with Crippen LogP contribution in [-0.4, -0.2) is 9.97 Å². The summed E-state index contributed by atoms with van der Waals surface area (Å²) in [6.45, 7) is 5.88. The third-order valence-corrected chi connectivity index (χ3v) is 1.91. The second-order valence-electron chi connectivity index (χ2n) is 2.91. The molecule has 2 nitrogen and oxygen atoms in total. The van der Waals surface area contributed by atoms with Crippen LogP contribution in [0.25, 0.3) is 16.6 Å². The van der Waals surface area contributed by atoms with Crippen molar-refractivity contribution in [3.8, 4) is 0 Å². The van der Waals surface area contributed by atoms with E-state index in [1.54, 1.807) is 6.33 Å². The molecule has 0 aliphatic carbocycles. The number of aromatic amines is 1. The number of imidazole rings is 1. The number of aromatic nitrogens is 2. The van der Waals surface area contributed by atoms with Crippen LogP contribution >= 0.6 is 0 Å². The number of fused-ring (bicyclic) bond motifs is 1. The number of allylic oxidation sites excluding steroid dienone is 1. The van der Waals surface area contributed by atoms with Gasteiger partial charge in [0.1, 0.15) is 0 Å². The highest BCUT2D eigenvalue weighted by Crippen LogP contribution is 2.16. The molecule has 1 heterocycles. The van der Waals surface area contributed by atoms with Gasteiger partial charge in [-0.3, -0.25) is 0 Å².